The van der Waals surface area contributed by atoms with E-state index in [1.807, 2.05) is 12.2 Å². The van der Waals surface area contributed by atoms with Crippen molar-refractivity contribution in [2.75, 3.05) is 0 Å². The van der Waals surface area contributed by atoms with Gasteiger partial charge in [0.15, 0.2) is 0 Å². The van der Waals surface area contributed by atoms with Gasteiger partial charge in [-0.1, -0.05) is 36.5 Å². The lowest BCUT2D eigenvalue weighted by atomic mass is 9.76. The highest BCUT2D eigenvalue weighted by atomic mass is 14.3. The van der Waals surface area contributed by atoms with E-state index in [1.54, 1.807) is 0 Å². The van der Waals surface area contributed by atoms with Crippen LogP contribution in [0, 0.1) is 5.41 Å². The van der Waals surface area contributed by atoms with Crippen molar-refractivity contribution in [3.8, 4) is 0 Å². The summed E-state index contributed by atoms with van der Waals surface area (Å²) in [6, 6.07) is 0. The van der Waals surface area contributed by atoms with Gasteiger partial charge in [0, 0.05) is 0 Å². The average molecular weight is 160 g/mol. The largest absolute Gasteiger partial charge is 0.103 e. The Balaban J connectivity index is 2.71. The van der Waals surface area contributed by atoms with Crippen molar-refractivity contribution in [2.24, 2.45) is 5.41 Å². The van der Waals surface area contributed by atoms with Gasteiger partial charge >= 0.3 is 0 Å². The van der Waals surface area contributed by atoms with Crippen molar-refractivity contribution in [2.45, 2.75) is 19.3 Å². The molecule has 0 aromatic rings. The molecule has 0 saturated carbocycles. The molecule has 0 heteroatoms. The molecule has 0 aliphatic heterocycles. The third-order valence-corrected chi connectivity index (χ3v) is 2.32. The first kappa shape index (κ1) is 9.05. The van der Waals surface area contributed by atoms with Crippen LogP contribution in [-0.4, -0.2) is 0 Å². The second kappa shape index (κ2) is 4.10. The van der Waals surface area contributed by atoms with Gasteiger partial charge in [-0.3, -0.25) is 0 Å². The summed E-state index contributed by atoms with van der Waals surface area (Å²) in [5.74, 6) is 0. The van der Waals surface area contributed by atoms with Gasteiger partial charge in [-0.05, 0) is 24.7 Å². The minimum atomic E-state index is 0.276. The zero-order valence-electron chi connectivity index (χ0n) is 7.50. The molecule has 0 fully saturated rings. The summed E-state index contributed by atoms with van der Waals surface area (Å²) >= 11 is 0. The molecule has 0 aromatic heterocycles. The van der Waals surface area contributed by atoms with Gasteiger partial charge in [-0.15, -0.1) is 13.2 Å². The SMILES string of the molecule is C=CCC1(CC=C)C=CC=CC1. The Morgan fingerprint density at radius 2 is 1.83 bits per heavy atom. The minimum Gasteiger partial charge on any atom is -0.103 e. The molecule has 0 saturated heterocycles. The van der Waals surface area contributed by atoms with Crippen molar-refractivity contribution in [1.29, 1.82) is 0 Å². The summed E-state index contributed by atoms with van der Waals surface area (Å²) in [4.78, 5) is 0. The molecule has 0 aromatic carbocycles. The van der Waals surface area contributed by atoms with E-state index in [1.165, 1.54) is 0 Å². The summed E-state index contributed by atoms with van der Waals surface area (Å²) in [7, 11) is 0. The van der Waals surface area contributed by atoms with Gasteiger partial charge in [0.05, 0.1) is 0 Å². The first-order valence-corrected chi connectivity index (χ1v) is 4.39. The Hall–Kier alpha value is -1.04. The summed E-state index contributed by atoms with van der Waals surface area (Å²) in [5.41, 5.74) is 0.276. The molecule has 64 valence electrons. The van der Waals surface area contributed by atoms with Gasteiger partial charge in [0.2, 0.25) is 0 Å². The van der Waals surface area contributed by atoms with E-state index in [9.17, 15) is 0 Å². The average Bonchev–Trinajstić information content (AvgIpc) is 2.07. The molecule has 1 aliphatic rings. The number of allylic oxidation sites excluding steroid dienone is 6. The highest BCUT2D eigenvalue weighted by Crippen LogP contribution is 2.35. The maximum absolute atomic E-state index is 3.79. The van der Waals surface area contributed by atoms with E-state index in [-0.39, 0.29) is 5.41 Å². The molecule has 0 nitrogen and oxygen atoms in total. The Bertz CT molecular complexity index is 203. The van der Waals surface area contributed by atoms with Crippen LogP contribution < -0.4 is 0 Å². The lowest BCUT2D eigenvalue weighted by Gasteiger charge is -2.28. The first-order chi connectivity index (χ1) is 5.83. The normalized spacial score (nSPS) is 19.0. The zero-order valence-corrected chi connectivity index (χ0v) is 7.50. The molecule has 0 spiro atoms. The number of rotatable bonds is 4. The molecular formula is C12H16. The fourth-order valence-electron chi connectivity index (χ4n) is 1.67. The molecule has 12 heavy (non-hydrogen) atoms. The standard InChI is InChI=1S/C12H16/c1-3-8-12(9-4-2)10-6-5-7-11-12/h3-7,10H,1-2,8-9,11H2. The van der Waals surface area contributed by atoms with Gasteiger partial charge in [0.1, 0.15) is 0 Å². The minimum absolute atomic E-state index is 0.276. The van der Waals surface area contributed by atoms with E-state index in [4.69, 9.17) is 0 Å². The molecule has 0 heterocycles. The molecule has 0 amide bonds. The summed E-state index contributed by atoms with van der Waals surface area (Å²) in [5, 5.41) is 0. The van der Waals surface area contributed by atoms with Crippen LogP contribution in [0.4, 0.5) is 0 Å². The molecule has 0 radical (unpaired) electrons. The summed E-state index contributed by atoms with van der Waals surface area (Å²) < 4.78 is 0. The fourth-order valence-corrected chi connectivity index (χ4v) is 1.67. The Labute approximate surface area is 75.0 Å². The van der Waals surface area contributed by atoms with Crippen LogP contribution in [0.15, 0.2) is 49.6 Å². The summed E-state index contributed by atoms with van der Waals surface area (Å²) in [6.07, 6.45) is 15.9. The van der Waals surface area contributed by atoms with Crippen molar-refractivity contribution < 1.29 is 0 Å². The van der Waals surface area contributed by atoms with E-state index in [0.717, 1.165) is 19.3 Å². The fraction of sp³-hybridized carbons (Fsp3) is 0.333. The molecule has 0 atom stereocenters. The van der Waals surface area contributed by atoms with Gasteiger partial charge in [0.25, 0.3) is 0 Å². The van der Waals surface area contributed by atoms with Crippen LogP contribution in [0.3, 0.4) is 0 Å². The predicted octanol–water partition coefficient (Wildman–Crippen LogP) is 3.64. The highest BCUT2D eigenvalue weighted by Gasteiger charge is 2.23. The molecule has 0 unspecified atom stereocenters. The number of hydrogen-bond acceptors (Lipinski definition) is 0. The van der Waals surface area contributed by atoms with E-state index >= 15 is 0 Å². The Kier molecular flexibility index (Phi) is 3.09. The quantitative estimate of drug-likeness (QED) is 0.551. The first-order valence-electron chi connectivity index (χ1n) is 4.39. The van der Waals surface area contributed by atoms with Gasteiger partial charge in [-0.2, -0.15) is 0 Å². The second-order valence-corrected chi connectivity index (χ2v) is 3.34. The van der Waals surface area contributed by atoms with Gasteiger partial charge in [-0.25, -0.2) is 0 Å². The maximum Gasteiger partial charge on any atom is -0.00119 e. The molecule has 0 bridgehead atoms. The van der Waals surface area contributed by atoms with E-state index < -0.39 is 0 Å². The molecule has 1 rings (SSSR count). The van der Waals surface area contributed by atoms with Crippen LogP contribution in [0.25, 0.3) is 0 Å². The third kappa shape index (κ3) is 1.97. The third-order valence-electron chi connectivity index (χ3n) is 2.32. The summed E-state index contributed by atoms with van der Waals surface area (Å²) in [6.45, 7) is 7.58. The van der Waals surface area contributed by atoms with Crippen molar-refractivity contribution in [1.82, 2.24) is 0 Å². The van der Waals surface area contributed by atoms with Crippen molar-refractivity contribution >= 4 is 0 Å². The lowest BCUT2D eigenvalue weighted by molar-refractivity contribution is 0.394. The van der Waals surface area contributed by atoms with Crippen LogP contribution >= 0.6 is 0 Å². The molecule has 0 N–H and O–H groups in total. The predicted molar refractivity (Wildman–Crippen MR) is 55.0 cm³/mol. The number of hydrogen-bond donors (Lipinski definition) is 0. The van der Waals surface area contributed by atoms with Crippen molar-refractivity contribution in [3.63, 3.8) is 0 Å². The van der Waals surface area contributed by atoms with Crippen LogP contribution in [0.5, 0.6) is 0 Å². The lowest BCUT2D eigenvalue weighted by Crippen LogP contribution is -2.16. The monoisotopic (exact) mass is 160 g/mol. The van der Waals surface area contributed by atoms with Gasteiger partial charge < -0.3 is 0 Å². The van der Waals surface area contributed by atoms with Crippen molar-refractivity contribution in [3.05, 3.63) is 49.6 Å². The van der Waals surface area contributed by atoms with Crippen LogP contribution in [0.2, 0.25) is 0 Å². The van der Waals surface area contributed by atoms with Crippen LogP contribution in [-0.2, 0) is 0 Å². The topological polar surface area (TPSA) is 0 Å². The molecular weight excluding hydrogens is 144 g/mol. The maximum atomic E-state index is 3.79. The Morgan fingerprint density at radius 1 is 1.17 bits per heavy atom. The second-order valence-electron chi connectivity index (χ2n) is 3.34. The Morgan fingerprint density at radius 3 is 2.25 bits per heavy atom. The highest BCUT2D eigenvalue weighted by molar-refractivity contribution is 5.18. The molecule has 1 aliphatic carbocycles. The zero-order chi connectivity index (χ0) is 8.86. The van der Waals surface area contributed by atoms with E-state index in [2.05, 4.69) is 37.5 Å². The smallest absolute Gasteiger partial charge is 0.00119 e. The van der Waals surface area contributed by atoms with E-state index in [0.29, 0.717) is 0 Å². The van der Waals surface area contributed by atoms with Crippen LogP contribution in [0.1, 0.15) is 19.3 Å².